The van der Waals surface area contributed by atoms with Crippen molar-refractivity contribution in [2.24, 2.45) is 5.73 Å². The third kappa shape index (κ3) is 7.70. The summed E-state index contributed by atoms with van der Waals surface area (Å²) in [5.41, 5.74) is 6.65. The number of halogens is 5. The maximum Gasteiger partial charge on any atom is 0.402 e. The number of carbonyl (C=O) groups is 2. The van der Waals surface area contributed by atoms with Crippen molar-refractivity contribution >= 4 is 11.8 Å². The van der Waals surface area contributed by atoms with Crippen LogP contribution in [-0.4, -0.2) is 31.6 Å². The van der Waals surface area contributed by atoms with E-state index in [2.05, 4.69) is 20.4 Å². The van der Waals surface area contributed by atoms with Crippen LogP contribution in [0, 0.1) is 17.5 Å². The predicted molar refractivity (Wildman–Crippen MR) is 171 cm³/mol. The summed E-state index contributed by atoms with van der Waals surface area (Å²) in [6, 6.07) is 13.7. The maximum absolute atomic E-state index is 15.5. The fraction of sp³-hybridized carbons (Fsp3) is 0.250. The van der Waals surface area contributed by atoms with Crippen molar-refractivity contribution in [2.75, 3.05) is 0 Å². The summed E-state index contributed by atoms with van der Waals surface area (Å²) in [6.45, 7) is -0.920. The van der Waals surface area contributed by atoms with Gasteiger partial charge in [-0.25, -0.2) is 13.2 Å². The average molecular weight is 691 g/mol. The molecule has 1 atom stereocenters. The lowest BCUT2D eigenvalue weighted by atomic mass is 9.94. The molecular weight excluding hydrogens is 659 g/mol. The van der Waals surface area contributed by atoms with Crippen LogP contribution in [0.1, 0.15) is 63.1 Å². The Morgan fingerprint density at radius 3 is 2.44 bits per heavy atom. The van der Waals surface area contributed by atoms with E-state index >= 15 is 8.78 Å². The molecule has 9 nitrogen and oxygen atoms in total. The van der Waals surface area contributed by atoms with E-state index in [4.69, 9.17) is 10.5 Å². The predicted octanol–water partition coefficient (Wildman–Crippen LogP) is 6.10. The molecule has 3 heterocycles. The molecule has 1 aliphatic carbocycles. The number of amides is 2. The van der Waals surface area contributed by atoms with Crippen LogP contribution in [0.5, 0.6) is 0 Å². The van der Waals surface area contributed by atoms with Crippen LogP contribution in [0.15, 0.2) is 79.1 Å². The minimum Gasteiger partial charge on any atom is -0.366 e. The molecule has 0 radical (unpaired) electrons. The Kier molecular flexibility index (Phi) is 10.00. The Morgan fingerprint density at radius 1 is 0.940 bits per heavy atom. The molecule has 0 saturated heterocycles. The molecule has 50 heavy (non-hydrogen) atoms. The highest BCUT2D eigenvalue weighted by atomic mass is 19.3. The molecular formula is C36H31F5N6O3. The van der Waals surface area contributed by atoms with E-state index in [1.165, 1.54) is 29.2 Å². The molecule has 0 spiro atoms. The van der Waals surface area contributed by atoms with E-state index in [1.807, 2.05) is 0 Å². The van der Waals surface area contributed by atoms with Gasteiger partial charge in [0.1, 0.15) is 24.0 Å². The van der Waals surface area contributed by atoms with Crippen molar-refractivity contribution in [3.05, 3.63) is 136 Å². The van der Waals surface area contributed by atoms with Crippen molar-refractivity contribution in [3.63, 3.8) is 0 Å². The summed E-state index contributed by atoms with van der Waals surface area (Å²) in [6.07, 6.45) is 1.09. The molecule has 3 aromatic heterocycles. The molecule has 258 valence electrons. The van der Waals surface area contributed by atoms with Gasteiger partial charge in [-0.3, -0.25) is 24.2 Å². The van der Waals surface area contributed by atoms with E-state index in [-0.39, 0.29) is 23.2 Å². The molecule has 1 unspecified atom stereocenters. The lowest BCUT2D eigenvalue weighted by Gasteiger charge is -2.22. The Labute approximate surface area is 283 Å². The molecule has 0 saturated carbocycles. The van der Waals surface area contributed by atoms with Gasteiger partial charge in [0.15, 0.2) is 5.69 Å². The third-order valence-corrected chi connectivity index (χ3v) is 8.36. The molecule has 14 heteroatoms. The van der Waals surface area contributed by atoms with Crippen LogP contribution in [0.25, 0.3) is 11.1 Å². The van der Waals surface area contributed by atoms with Gasteiger partial charge in [-0.2, -0.15) is 13.9 Å². The second-order valence-electron chi connectivity index (χ2n) is 11.9. The number of ether oxygens (including phenoxy) is 1. The van der Waals surface area contributed by atoms with Gasteiger partial charge in [0.2, 0.25) is 5.91 Å². The lowest BCUT2D eigenvalue weighted by Crippen LogP contribution is -2.34. The monoisotopic (exact) mass is 690 g/mol. The van der Waals surface area contributed by atoms with E-state index in [9.17, 15) is 22.8 Å². The summed E-state index contributed by atoms with van der Waals surface area (Å²) >= 11 is 0. The number of hydrogen-bond acceptors (Lipinski definition) is 6. The first-order chi connectivity index (χ1) is 24.0. The van der Waals surface area contributed by atoms with Gasteiger partial charge in [0.25, 0.3) is 5.91 Å². The minimum atomic E-state index is -3.77. The molecule has 3 N–H and O–H groups in total. The topological polar surface area (TPSA) is 125 Å². The van der Waals surface area contributed by atoms with Crippen LogP contribution >= 0.6 is 0 Å². The van der Waals surface area contributed by atoms with Gasteiger partial charge < -0.3 is 15.8 Å². The number of fused-ring (bicyclic) bond motifs is 1. The number of alkyl halides is 2. The number of aromatic nitrogens is 4. The van der Waals surface area contributed by atoms with Crippen LogP contribution in [0.4, 0.5) is 22.0 Å². The first-order valence-corrected chi connectivity index (χ1v) is 15.8. The maximum atomic E-state index is 15.5. The summed E-state index contributed by atoms with van der Waals surface area (Å²) < 4.78 is 80.0. The lowest BCUT2D eigenvalue weighted by molar-refractivity contribution is -0.259. The number of nitrogens with one attached hydrogen (secondary N) is 1. The van der Waals surface area contributed by atoms with Gasteiger partial charge in [0.05, 0.1) is 29.6 Å². The van der Waals surface area contributed by atoms with Gasteiger partial charge in [-0.1, -0.05) is 18.2 Å². The van der Waals surface area contributed by atoms with E-state index in [0.717, 1.165) is 18.2 Å². The quantitative estimate of drug-likeness (QED) is 0.153. The number of benzene rings is 2. The van der Waals surface area contributed by atoms with E-state index in [0.29, 0.717) is 59.8 Å². The van der Waals surface area contributed by atoms with Gasteiger partial charge >= 0.3 is 6.11 Å². The van der Waals surface area contributed by atoms with Crippen LogP contribution < -0.4 is 11.1 Å². The average Bonchev–Trinajstić information content (AvgIpc) is 3.46. The molecule has 5 aromatic rings. The number of pyridine rings is 2. The van der Waals surface area contributed by atoms with E-state index in [1.54, 1.807) is 30.3 Å². The summed E-state index contributed by atoms with van der Waals surface area (Å²) in [4.78, 5) is 34.1. The number of carbonyl (C=O) groups excluding carboxylic acids is 2. The summed E-state index contributed by atoms with van der Waals surface area (Å²) in [5.74, 6) is -4.15. The Morgan fingerprint density at radius 2 is 1.70 bits per heavy atom. The number of nitrogens with zero attached hydrogens (tertiary/aromatic N) is 4. The zero-order valence-electron chi connectivity index (χ0n) is 26.5. The zero-order chi connectivity index (χ0) is 35.4. The first kappa shape index (κ1) is 34.4. The smallest absolute Gasteiger partial charge is 0.366 e. The molecule has 0 bridgehead atoms. The highest BCUT2D eigenvalue weighted by molar-refractivity contribution is 5.94. The van der Waals surface area contributed by atoms with Gasteiger partial charge in [0, 0.05) is 35.3 Å². The highest BCUT2D eigenvalue weighted by Gasteiger charge is 2.41. The number of hydrogen-bond donors (Lipinski definition) is 2. The number of nitrogens with two attached hydrogens (primary N) is 1. The third-order valence-electron chi connectivity index (χ3n) is 8.36. The zero-order valence-corrected chi connectivity index (χ0v) is 26.5. The van der Waals surface area contributed by atoms with E-state index < -0.39 is 60.3 Å². The highest BCUT2D eigenvalue weighted by Crippen LogP contribution is 2.37. The Balaban J connectivity index is 1.32. The normalized spacial score (nSPS) is 13.5. The molecule has 0 fully saturated rings. The van der Waals surface area contributed by atoms with Crippen molar-refractivity contribution in [1.82, 2.24) is 25.1 Å². The van der Waals surface area contributed by atoms with Crippen molar-refractivity contribution < 1.29 is 36.3 Å². The number of primary amides is 1. The van der Waals surface area contributed by atoms with Crippen LogP contribution in [0.3, 0.4) is 0 Å². The second-order valence-corrected chi connectivity index (χ2v) is 11.9. The van der Waals surface area contributed by atoms with Gasteiger partial charge in [-0.05, 0) is 85.7 Å². The molecule has 0 aliphatic heterocycles. The number of rotatable bonds is 12. The Hall–Kier alpha value is -5.50. The summed E-state index contributed by atoms with van der Waals surface area (Å²) in [7, 11) is 0. The van der Waals surface area contributed by atoms with Crippen LogP contribution in [0.2, 0.25) is 0 Å². The van der Waals surface area contributed by atoms with Crippen LogP contribution in [-0.2, 0) is 48.1 Å². The summed E-state index contributed by atoms with van der Waals surface area (Å²) in [5, 5.41) is 7.00. The molecule has 2 aromatic carbocycles. The standard InChI is InChI=1S/C36H31F5N6O3/c37-23-14-21(15-24(38)18-23)16-30(33-26(8-5-13-44-33)22-10-11-29(39)28(17-22)35(42)49)45-32(48)19-47-31-9-2-1-7-27(31)34(46-47)36(40,41)50-20-25-6-3-4-12-43-25/h3-6,8,10-15,17-18,30H,1-2,7,9,16,19-20H2,(H2,42,49)(H,45,48). The minimum absolute atomic E-state index is 0.143. The molecule has 2 amide bonds. The fourth-order valence-corrected chi connectivity index (χ4v) is 6.13. The van der Waals surface area contributed by atoms with Gasteiger partial charge in [-0.15, -0.1) is 0 Å². The Bertz CT molecular complexity index is 2020. The fourth-order valence-electron chi connectivity index (χ4n) is 6.13. The SMILES string of the molecule is NC(=O)c1cc(-c2cccnc2C(Cc2cc(F)cc(F)c2)NC(=O)Cn2nc(C(F)(F)OCc3ccccn3)c3c2CCCC3)ccc1F. The second kappa shape index (κ2) is 14.5. The first-order valence-electron chi connectivity index (χ1n) is 15.8. The molecule has 1 aliphatic rings. The van der Waals surface area contributed by atoms with Crippen molar-refractivity contribution in [3.8, 4) is 11.1 Å². The largest absolute Gasteiger partial charge is 0.402 e. The van der Waals surface area contributed by atoms with Crippen molar-refractivity contribution in [2.45, 2.75) is 57.4 Å². The van der Waals surface area contributed by atoms with Crippen molar-refractivity contribution in [1.29, 1.82) is 0 Å². The molecule has 6 rings (SSSR count).